The number of ether oxygens (including phenoxy) is 1. The van der Waals surface area contributed by atoms with Gasteiger partial charge in [0.1, 0.15) is 17.7 Å². The zero-order chi connectivity index (χ0) is 17.3. The van der Waals surface area contributed by atoms with E-state index in [1.165, 1.54) is 6.07 Å². The molecule has 1 heterocycles. The molecule has 1 aliphatic rings. The number of phenolic OH excluding ortho intramolecular Hbond substituents is 1. The van der Waals surface area contributed by atoms with E-state index in [0.29, 0.717) is 24.2 Å². The Labute approximate surface area is 148 Å². The van der Waals surface area contributed by atoms with E-state index < -0.39 is 5.82 Å². The number of benzene rings is 2. The van der Waals surface area contributed by atoms with E-state index in [0.717, 1.165) is 11.1 Å². The number of carbonyl (C=O) groups excluding carboxylic acids is 1. The average molecular weight is 394 g/mol. The lowest BCUT2D eigenvalue weighted by atomic mass is 10.1. The van der Waals surface area contributed by atoms with E-state index in [1.807, 2.05) is 13.0 Å². The second kappa shape index (κ2) is 6.91. The van der Waals surface area contributed by atoms with Gasteiger partial charge in [-0.15, -0.1) is 0 Å². The fraction of sp³-hybridized carbons (Fsp3) is 0.278. The highest BCUT2D eigenvalue weighted by molar-refractivity contribution is 9.10. The first kappa shape index (κ1) is 16.9. The molecule has 2 aromatic carbocycles. The van der Waals surface area contributed by atoms with Crippen molar-refractivity contribution in [3.05, 3.63) is 63.4 Å². The van der Waals surface area contributed by atoms with Gasteiger partial charge in [0.15, 0.2) is 0 Å². The van der Waals surface area contributed by atoms with E-state index in [2.05, 4.69) is 15.9 Å². The Morgan fingerprint density at radius 3 is 2.92 bits per heavy atom. The molecule has 24 heavy (non-hydrogen) atoms. The third-order valence-corrected chi connectivity index (χ3v) is 5.12. The van der Waals surface area contributed by atoms with Crippen LogP contribution in [0.5, 0.6) is 5.75 Å². The lowest BCUT2D eigenvalue weighted by Gasteiger charge is -2.33. The number of aryl methyl sites for hydroxylation is 1. The highest BCUT2D eigenvalue weighted by Gasteiger charge is 2.29. The van der Waals surface area contributed by atoms with Gasteiger partial charge >= 0.3 is 0 Å². The van der Waals surface area contributed by atoms with E-state index in [4.69, 9.17) is 4.74 Å². The van der Waals surface area contributed by atoms with Gasteiger partial charge < -0.3 is 14.7 Å². The molecule has 126 valence electrons. The van der Waals surface area contributed by atoms with Gasteiger partial charge in [-0.2, -0.15) is 0 Å². The summed E-state index contributed by atoms with van der Waals surface area (Å²) in [6.45, 7) is 2.88. The van der Waals surface area contributed by atoms with Crippen molar-refractivity contribution in [2.75, 3.05) is 19.7 Å². The molecule has 3 rings (SSSR count). The van der Waals surface area contributed by atoms with Crippen molar-refractivity contribution < 1.29 is 19.0 Å². The molecular weight excluding hydrogens is 377 g/mol. The lowest BCUT2D eigenvalue weighted by Crippen LogP contribution is -2.42. The predicted octanol–water partition coefficient (Wildman–Crippen LogP) is 3.82. The van der Waals surface area contributed by atoms with Gasteiger partial charge in [0.05, 0.1) is 18.7 Å². The van der Waals surface area contributed by atoms with Crippen LogP contribution in [0.1, 0.15) is 27.6 Å². The van der Waals surface area contributed by atoms with E-state index in [9.17, 15) is 14.3 Å². The van der Waals surface area contributed by atoms with Crippen molar-refractivity contribution in [2.45, 2.75) is 13.0 Å². The zero-order valence-electron chi connectivity index (χ0n) is 13.1. The number of hydrogen-bond donors (Lipinski definition) is 1. The molecule has 2 aromatic rings. The van der Waals surface area contributed by atoms with Crippen molar-refractivity contribution in [2.24, 2.45) is 0 Å². The summed E-state index contributed by atoms with van der Waals surface area (Å²) < 4.78 is 20.4. The molecule has 1 fully saturated rings. The molecule has 0 bridgehead atoms. The molecule has 0 radical (unpaired) electrons. The molecule has 0 unspecified atom stereocenters. The SMILES string of the molecule is Cc1ccc(F)c(C(=O)N2CCO[C@H](c3cccc(O)c3)C2)c1Br. The minimum Gasteiger partial charge on any atom is -0.508 e. The van der Waals surface area contributed by atoms with Crippen LogP contribution in [0, 0.1) is 12.7 Å². The summed E-state index contributed by atoms with van der Waals surface area (Å²) in [6, 6.07) is 9.69. The van der Waals surface area contributed by atoms with E-state index >= 15 is 0 Å². The Balaban J connectivity index is 1.85. The third-order valence-electron chi connectivity index (χ3n) is 4.09. The number of rotatable bonds is 2. The van der Waals surface area contributed by atoms with Crippen LogP contribution in [0.2, 0.25) is 0 Å². The summed E-state index contributed by atoms with van der Waals surface area (Å²) in [5, 5.41) is 9.61. The Morgan fingerprint density at radius 1 is 1.38 bits per heavy atom. The van der Waals surface area contributed by atoms with Gasteiger partial charge in [-0.05, 0) is 52.2 Å². The summed E-state index contributed by atoms with van der Waals surface area (Å²) in [4.78, 5) is 14.4. The Morgan fingerprint density at radius 2 is 2.17 bits per heavy atom. The first-order valence-corrected chi connectivity index (χ1v) is 8.41. The molecule has 1 N–H and O–H groups in total. The molecule has 0 saturated carbocycles. The zero-order valence-corrected chi connectivity index (χ0v) is 14.7. The standard InChI is InChI=1S/C18H17BrFNO3/c1-11-5-6-14(20)16(17(11)19)18(23)21-7-8-24-15(10-21)12-3-2-4-13(22)9-12/h2-6,9,15,22H,7-8,10H2,1H3/t15-/m0/s1. The van der Waals surface area contributed by atoms with Gasteiger partial charge in [0.2, 0.25) is 0 Å². The van der Waals surface area contributed by atoms with Gasteiger partial charge in [0.25, 0.3) is 5.91 Å². The van der Waals surface area contributed by atoms with Crippen molar-refractivity contribution in [3.8, 4) is 5.75 Å². The molecule has 1 atom stereocenters. The van der Waals surface area contributed by atoms with E-state index in [1.54, 1.807) is 29.2 Å². The Kier molecular flexibility index (Phi) is 4.87. The second-order valence-electron chi connectivity index (χ2n) is 5.76. The molecule has 1 saturated heterocycles. The fourth-order valence-corrected chi connectivity index (χ4v) is 3.26. The van der Waals surface area contributed by atoms with Crippen LogP contribution in [0.4, 0.5) is 4.39 Å². The molecule has 6 heteroatoms. The number of hydrogen-bond acceptors (Lipinski definition) is 3. The van der Waals surface area contributed by atoms with Crippen LogP contribution in [-0.2, 0) is 4.74 Å². The summed E-state index contributed by atoms with van der Waals surface area (Å²) in [5.74, 6) is -0.763. The smallest absolute Gasteiger partial charge is 0.258 e. The minimum absolute atomic E-state index is 0.0477. The summed E-state index contributed by atoms with van der Waals surface area (Å²) >= 11 is 3.32. The van der Waals surface area contributed by atoms with Crippen LogP contribution in [0.3, 0.4) is 0 Å². The molecule has 0 aromatic heterocycles. The number of amides is 1. The molecule has 4 nitrogen and oxygen atoms in total. The number of phenols is 1. The summed E-state index contributed by atoms with van der Waals surface area (Å²) in [7, 11) is 0. The monoisotopic (exact) mass is 393 g/mol. The summed E-state index contributed by atoms with van der Waals surface area (Å²) in [6.07, 6.45) is -0.346. The van der Waals surface area contributed by atoms with Gasteiger partial charge in [-0.3, -0.25) is 4.79 Å². The largest absolute Gasteiger partial charge is 0.508 e. The third kappa shape index (κ3) is 3.30. The van der Waals surface area contributed by atoms with Gasteiger partial charge in [0, 0.05) is 11.0 Å². The van der Waals surface area contributed by atoms with Crippen molar-refractivity contribution in [1.29, 1.82) is 0 Å². The number of nitrogens with zero attached hydrogens (tertiary/aromatic N) is 1. The number of carbonyl (C=O) groups is 1. The highest BCUT2D eigenvalue weighted by Crippen LogP contribution is 2.29. The Bertz CT molecular complexity index is 781. The van der Waals surface area contributed by atoms with Gasteiger partial charge in [-0.1, -0.05) is 18.2 Å². The summed E-state index contributed by atoms with van der Waals surface area (Å²) in [5.41, 5.74) is 1.64. The molecule has 0 spiro atoms. The second-order valence-corrected chi connectivity index (χ2v) is 6.55. The van der Waals surface area contributed by atoms with Crippen LogP contribution in [-0.4, -0.2) is 35.6 Å². The quantitative estimate of drug-likeness (QED) is 0.843. The lowest BCUT2D eigenvalue weighted by molar-refractivity contribution is -0.0230. The maximum atomic E-state index is 14.2. The van der Waals surface area contributed by atoms with Crippen molar-refractivity contribution in [1.82, 2.24) is 4.90 Å². The fourth-order valence-electron chi connectivity index (χ4n) is 2.77. The molecule has 1 amide bonds. The van der Waals surface area contributed by atoms with Crippen LogP contribution in [0.25, 0.3) is 0 Å². The number of aromatic hydroxyl groups is 1. The predicted molar refractivity (Wildman–Crippen MR) is 91.5 cm³/mol. The first-order chi connectivity index (χ1) is 11.5. The van der Waals surface area contributed by atoms with Gasteiger partial charge in [-0.25, -0.2) is 4.39 Å². The van der Waals surface area contributed by atoms with Crippen molar-refractivity contribution in [3.63, 3.8) is 0 Å². The number of halogens is 2. The molecular formula is C18H17BrFNO3. The van der Waals surface area contributed by atoms with Crippen LogP contribution in [0.15, 0.2) is 40.9 Å². The van der Waals surface area contributed by atoms with E-state index in [-0.39, 0.29) is 23.3 Å². The van der Waals surface area contributed by atoms with Crippen LogP contribution < -0.4 is 0 Å². The topological polar surface area (TPSA) is 49.8 Å². The van der Waals surface area contributed by atoms with Crippen LogP contribution >= 0.6 is 15.9 Å². The Hall–Kier alpha value is -1.92. The average Bonchev–Trinajstić information content (AvgIpc) is 2.58. The van der Waals surface area contributed by atoms with Crippen molar-refractivity contribution >= 4 is 21.8 Å². The minimum atomic E-state index is -0.544. The first-order valence-electron chi connectivity index (χ1n) is 7.62. The normalized spacial score (nSPS) is 17.8. The molecule has 0 aliphatic carbocycles. The molecule has 1 aliphatic heterocycles. The maximum absolute atomic E-state index is 14.2. The number of morpholine rings is 1. The highest BCUT2D eigenvalue weighted by atomic mass is 79.9. The maximum Gasteiger partial charge on any atom is 0.258 e.